The van der Waals surface area contributed by atoms with E-state index in [4.69, 9.17) is 4.74 Å². The summed E-state index contributed by atoms with van der Waals surface area (Å²) in [6.07, 6.45) is 0.515. The van der Waals surface area contributed by atoms with E-state index in [1.54, 1.807) is 31.3 Å². The summed E-state index contributed by atoms with van der Waals surface area (Å²) in [7, 11) is -1.33. The molecule has 1 amide bonds. The minimum Gasteiger partial charge on any atom is -0.494 e. The molecule has 1 aliphatic rings. The number of amides is 1. The second kappa shape index (κ2) is 5.83. The Kier molecular flexibility index (Phi) is 4.32. The molecule has 0 N–H and O–H groups in total. The van der Waals surface area contributed by atoms with Crippen LogP contribution in [0.1, 0.15) is 23.7 Å². The van der Waals surface area contributed by atoms with Crippen molar-refractivity contribution in [1.82, 2.24) is 4.90 Å². The zero-order chi connectivity index (χ0) is 14.8. The fraction of sp³-hybridized carbons (Fsp3) is 0.500. The lowest BCUT2D eigenvalue weighted by Crippen LogP contribution is -2.37. The molecule has 1 aromatic carbocycles. The Morgan fingerprint density at radius 1 is 1.35 bits per heavy atom. The first-order valence-corrected chi connectivity index (χ1v) is 8.45. The number of ether oxygens (including phenoxy) is 1. The van der Waals surface area contributed by atoms with Gasteiger partial charge in [-0.2, -0.15) is 0 Å². The van der Waals surface area contributed by atoms with Gasteiger partial charge in [0.15, 0.2) is 9.84 Å². The Hall–Kier alpha value is -1.56. The molecule has 1 heterocycles. The van der Waals surface area contributed by atoms with Gasteiger partial charge in [-0.15, -0.1) is 0 Å². The zero-order valence-corrected chi connectivity index (χ0v) is 12.5. The molecule has 2 rings (SSSR count). The summed E-state index contributed by atoms with van der Waals surface area (Å²) < 4.78 is 28.3. The quantitative estimate of drug-likeness (QED) is 0.841. The van der Waals surface area contributed by atoms with Gasteiger partial charge in [0.25, 0.3) is 5.91 Å². The molecule has 1 atom stereocenters. The number of carbonyl (C=O) groups excluding carboxylic acids is 1. The van der Waals surface area contributed by atoms with Gasteiger partial charge in [-0.05, 0) is 37.6 Å². The van der Waals surface area contributed by atoms with Crippen LogP contribution in [0.15, 0.2) is 24.3 Å². The average molecular weight is 297 g/mol. The molecule has 0 aliphatic carbocycles. The Labute approximate surface area is 119 Å². The summed E-state index contributed by atoms with van der Waals surface area (Å²) in [5.74, 6) is 0.787. The molecule has 1 saturated heterocycles. The molecule has 1 fully saturated rings. The molecule has 1 aliphatic heterocycles. The first kappa shape index (κ1) is 14.8. The van der Waals surface area contributed by atoms with Gasteiger partial charge in [0.2, 0.25) is 0 Å². The van der Waals surface area contributed by atoms with Crippen molar-refractivity contribution in [2.75, 3.05) is 25.2 Å². The summed E-state index contributed by atoms with van der Waals surface area (Å²) in [5.41, 5.74) is 0.542. The van der Waals surface area contributed by atoms with Crippen LogP contribution in [0.25, 0.3) is 0 Å². The highest BCUT2D eigenvalue weighted by Crippen LogP contribution is 2.19. The molecule has 110 valence electrons. The molecular weight excluding hydrogens is 278 g/mol. The van der Waals surface area contributed by atoms with Crippen LogP contribution >= 0.6 is 0 Å². The minimum atomic E-state index is -2.98. The van der Waals surface area contributed by atoms with Crippen LogP contribution in [0.3, 0.4) is 0 Å². The van der Waals surface area contributed by atoms with Crippen molar-refractivity contribution in [2.24, 2.45) is 0 Å². The van der Waals surface area contributed by atoms with Gasteiger partial charge in [0.05, 0.1) is 18.1 Å². The number of nitrogens with zero attached hydrogens (tertiary/aromatic N) is 1. The molecule has 20 heavy (non-hydrogen) atoms. The smallest absolute Gasteiger partial charge is 0.253 e. The highest BCUT2D eigenvalue weighted by molar-refractivity contribution is 7.91. The van der Waals surface area contributed by atoms with Crippen molar-refractivity contribution in [3.63, 3.8) is 0 Å². The Morgan fingerprint density at radius 3 is 2.50 bits per heavy atom. The first-order chi connectivity index (χ1) is 9.43. The average Bonchev–Trinajstić information content (AvgIpc) is 2.79. The van der Waals surface area contributed by atoms with E-state index in [2.05, 4.69) is 0 Å². The third-order valence-electron chi connectivity index (χ3n) is 3.49. The van der Waals surface area contributed by atoms with Crippen molar-refractivity contribution in [2.45, 2.75) is 19.4 Å². The number of benzene rings is 1. The first-order valence-electron chi connectivity index (χ1n) is 6.63. The fourth-order valence-electron chi connectivity index (χ4n) is 2.31. The predicted molar refractivity (Wildman–Crippen MR) is 76.8 cm³/mol. The van der Waals surface area contributed by atoms with Crippen LogP contribution in [-0.4, -0.2) is 50.4 Å². The maximum Gasteiger partial charge on any atom is 0.253 e. The lowest BCUT2D eigenvalue weighted by atomic mass is 10.1. The van der Waals surface area contributed by atoms with Gasteiger partial charge >= 0.3 is 0 Å². The summed E-state index contributed by atoms with van der Waals surface area (Å²) >= 11 is 0. The van der Waals surface area contributed by atoms with Crippen LogP contribution in [0.5, 0.6) is 5.75 Å². The van der Waals surface area contributed by atoms with E-state index >= 15 is 0 Å². The number of hydrogen-bond acceptors (Lipinski definition) is 4. The van der Waals surface area contributed by atoms with Crippen LogP contribution in [0.4, 0.5) is 0 Å². The molecule has 0 bridgehead atoms. The van der Waals surface area contributed by atoms with E-state index in [0.29, 0.717) is 18.6 Å². The molecule has 0 radical (unpaired) electrons. The van der Waals surface area contributed by atoms with Gasteiger partial charge in [-0.1, -0.05) is 0 Å². The van der Waals surface area contributed by atoms with E-state index < -0.39 is 9.84 Å². The predicted octanol–water partition coefficient (Wildman–Crippen LogP) is 1.34. The van der Waals surface area contributed by atoms with Crippen LogP contribution < -0.4 is 4.74 Å². The van der Waals surface area contributed by atoms with Crippen LogP contribution in [0, 0.1) is 0 Å². The fourth-order valence-corrected chi connectivity index (χ4v) is 4.09. The number of carbonyl (C=O) groups is 1. The Balaban J connectivity index is 2.07. The van der Waals surface area contributed by atoms with E-state index in [1.807, 2.05) is 6.92 Å². The molecule has 0 spiro atoms. The third-order valence-corrected chi connectivity index (χ3v) is 5.24. The highest BCUT2D eigenvalue weighted by atomic mass is 32.2. The van der Waals surface area contributed by atoms with Crippen molar-refractivity contribution < 1.29 is 17.9 Å². The van der Waals surface area contributed by atoms with Crippen molar-refractivity contribution in [1.29, 1.82) is 0 Å². The van der Waals surface area contributed by atoms with Crippen LogP contribution in [0.2, 0.25) is 0 Å². The summed E-state index contributed by atoms with van der Waals surface area (Å²) in [6.45, 7) is 2.47. The molecule has 1 aromatic rings. The SMILES string of the molecule is CCOc1ccc(C(=O)N(C)[C@H]2CCS(=O)(=O)C2)cc1. The normalized spacial score (nSPS) is 20.6. The molecule has 0 unspecified atom stereocenters. The summed E-state index contributed by atoms with van der Waals surface area (Å²) in [4.78, 5) is 13.8. The van der Waals surface area contributed by atoms with Crippen molar-refractivity contribution in [3.05, 3.63) is 29.8 Å². The highest BCUT2D eigenvalue weighted by Gasteiger charge is 2.32. The standard InChI is InChI=1S/C14H19NO4S/c1-3-19-13-6-4-11(5-7-13)14(16)15(2)12-8-9-20(17,18)10-12/h4-7,12H,3,8-10H2,1-2H3/t12-/m0/s1. The molecule has 5 nitrogen and oxygen atoms in total. The maximum atomic E-state index is 12.3. The lowest BCUT2D eigenvalue weighted by molar-refractivity contribution is 0.0747. The van der Waals surface area contributed by atoms with E-state index in [0.717, 1.165) is 5.75 Å². The van der Waals surface area contributed by atoms with Gasteiger partial charge in [0, 0.05) is 18.7 Å². The Bertz CT molecular complexity index is 580. The molecular formula is C14H19NO4S. The summed E-state index contributed by atoms with van der Waals surface area (Å²) in [5, 5.41) is 0. The second-order valence-corrected chi connectivity index (χ2v) is 7.16. The van der Waals surface area contributed by atoms with E-state index in [-0.39, 0.29) is 23.5 Å². The van der Waals surface area contributed by atoms with Gasteiger partial charge in [0.1, 0.15) is 5.75 Å². The van der Waals surface area contributed by atoms with E-state index in [9.17, 15) is 13.2 Å². The minimum absolute atomic E-state index is 0.0618. The maximum absolute atomic E-state index is 12.3. The molecule has 0 saturated carbocycles. The monoisotopic (exact) mass is 297 g/mol. The zero-order valence-electron chi connectivity index (χ0n) is 11.7. The van der Waals surface area contributed by atoms with Gasteiger partial charge in [-0.25, -0.2) is 8.42 Å². The second-order valence-electron chi connectivity index (χ2n) is 4.93. The van der Waals surface area contributed by atoms with Crippen LogP contribution in [-0.2, 0) is 9.84 Å². The largest absolute Gasteiger partial charge is 0.494 e. The number of sulfone groups is 1. The lowest BCUT2D eigenvalue weighted by Gasteiger charge is -2.23. The molecule has 6 heteroatoms. The van der Waals surface area contributed by atoms with Gasteiger partial charge < -0.3 is 9.64 Å². The van der Waals surface area contributed by atoms with Gasteiger partial charge in [-0.3, -0.25) is 4.79 Å². The third kappa shape index (κ3) is 3.30. The van der Waals surface area contributed by atoms with Crippen molar-refractivity contribution in [3.8, 4) is 5.75 Å². The number of hydrogen-bond donors (Lipinski definition) is 0. The summed E-state index contributed by atoms with van der Waals surface area (Å²) in [6, 6.07) is 6.67. The topological polar surface area (TPSA) is 63.7 Å². The Morgan fingerprint density at radius 2 is 2.00 bits per heavy atom. The van der Waals surface area contributed by atoms with Crippen molar-refractivity contribution >= 4 is 15.7 Å². The molecule has 0 aromatic heterocycles. The van der Waals surface area contributed by atoms with E-state index in [1.165, 1.54) is 4.90 Å². The number of rotatable bonds is 4.